The summed E-state index contributed by atoms with van der Waals surface area (Å²) in [4.78, 5) is 46.6. The molecule has 0 unspecified atom stereocenters. The molecule has 174 valence electrons. The lowest BCUT2D eigenvalue weighted by Crippen LogP contribution is -2.40. The third kappa shape index (κ3) is 4.77. The molecule has 2 aromatic rings. The molecular formula is C17H21N5O9S. The van der Waals surface area contributed by atoms with E-state index < -0.39 is 57.4 Å². The van der Waals surface area contributed by atoms with Crippen LogP contribution < -0.4 is 5.73 Å². The fourth-order valence-electron chi connectivity index (χ4n) is 3.19. The van der Waals surface area contributed by atoms with Gasteiger partial charge in [0.05, 0.1) is 6.33 Å². The highest BCUT2D eigenvalue weighted by atomic mass is 32.2. The number of ether oxygens (including phenoxy) is 4. The van der Waals surface area contributed by atoms with E-state index in [0.29, 0.717) is 0 Å². The fourth-order valence-corrected chi connectivity index (χ4v) is 3.70. The Balaban J connectivity index is 2.11. The summed E-state index contributed by atoms with van der Waals surface area (Å²) in [7, 11) is -3.82. The van der Waals surface area contributed by atoms with Crippen LogP contribution in [0.2, 0.25) is 0 Å². The lowest BCUT2D eigenvalue weighted by atomic mass is 10.1. The van der Waals surface area contributed by atoms with Crippen molar-refractivity contribution in [2.24, 2.45) is 0 Å². The SMILES string of the molecule is CC(=O)OC[C@H]1O[C@@H](n2cnc3c(N)nc(S(C)(=O)=O)nc32)[C@H](OC(C)=O)[C@@H]1OC(C)=O. The summed E-state index contributed by atoms with van der Waals surface area (Å²) in [6.45, 7) is 3.18. The van der Waals surface area contributed by atoms with Gasteiger partial charge in [-0.25, -0.2) is 13.4 Å². The number of hydrogen-bond donors (Lipinski definition) is 1. The summed E-state index contributed by atoms with van der Waals surface area (Å²) in [5, 5.41) is -0.542. The molecule has 1 fully saturated rings. The van der Waals surface area contributed by atoms with Crippen LogP contribution in [0.4, 0.5) is 5.82 Å². The molecule has 0 spiro atoms. The molecule has 0 bridgehead atoms. The molecule has 0 aromatic carbocycles. The van der Waals surface area contributed by atoms with Gasteiger partial charge in [-0.15, -0.1) is 0 Å². The molecule has 3 rings (SSSR count). The van der Waals surface area contributed by atoms with Crippen LogP contribution in [0.5, 0.6) is 0 Å². The van der Waals surface area contributed by atoms with Crippen molar-refractivity contribution < 1.29 is 41.7 Å². The van der Waals surface area contributed by atoms with Gasteiger partial charge in [0.25, 0.3) is 5.16 Å². The lowest BCUT2D eigenvalue weighted by molar-refractivity contribution is -0.166. The monoisotopic (exact) mass is 471 g/mol. The van der Waals surface area contributed by atoms with E-state index in [0.717, 1.165) is 20.1 Å². The number of nitrogens with zero attached hydrogens (tertiary/aromatic N) is 4. The molecule has 4 atom stereocenters. The smallest absolute Gasteiger partial charge is 0.303 e. The quantitative estimate of drug-likeness (QED) is 0.311. The van der Waals surface area contributed by atoms with Crippen molar-refractivity contribution in [2.75, 3.05) is 18.6 Å². The van der Waals surface area contributed by atoms with E-state index in [1.807, 2.05) is 0 Å². The Bertz CT molecular complexity index is 1180. The average molecular weight is 471 g/mol. The van der Waals surface area contributed by atoms with Crippen molar-refractivity contribution in [2.45, 2.75) is 50.5 Å². The minimum atomic E-state index is -3.82. The average Bonchev–Trinajstić information content (AvgIpc) is 3.21. The van der Waals surface area contributed by atoms with Gasteiger partial charge in [0.2, 0.25) is 9.84 Å². The number of imidazole rings is 1. The second-order valence-corrected chi connectivity index (χ2v) is 8.91. The number of fused-ring (bicyclic) bond motifs is 1. The van der Waals surface area contributed by atoms with Gasteiger partial charge >= 0.3 is 17.9 Å². The number of esters is 3. The van der Waals surface area contributed by atoms with E-state index in [2.05, 4.69) is 15.0 Å². The van der Waals surface area contributed by atoms with Gasteiger partial charge in [-0.05, 0) is 0 Å². The topological polar surface area (TPSA) is 192 Å². The van der Waals surface area contributed by atoms with E-state index in [-0.39, 0.29) is 23.6 Å². The number of nitrogen functional groups attached to an aromatic ring is 1. The van der Waals surface area contributed by atoms with Crippen LogP contribution in [0, 0.1) is 0 Å². The molecule has 3 heterocycles. The molecular weight excluding hydrogens is 450 g/mol. The molecule has 0 saturated carbocycles. The highest BCUT2D eigenvalue weighted by Gasteiger charge is 2.51. The maximum Gasteiger partial charge on any atom is 0.303 e. The Hall–Kier alpha value is -3.33. The minimum absolute atomic E-state index is 0.0187. The number of hydrogen-bond acceptors (Lipinski definition) is 13. The summed E-state index contributed by atoms with van der Waals surface area (Å²) < 4.78 is 46.7. The molecule has 1 aliphatic rings. The zero-order chi connectivity index (χ0) is 23.8. The van der Waals surface area contributed by atoms with E-state index in [1.54, 1.807) is 0 Å². The van der Waals surface area contributed by atoms with Crippen LogP contribution in [0.3, 0.4) is 0 Å². The second kappa shape index (κ2) is 8.66. The first-order valence-corrected chi connectivity index (χ1v) is 11.1. The second-order valence-electron chi connectivity index (χ2n) is 7.00. The zero-order valence-electron chi connectivity index (χ0n) is 17.5. The first kappa shape index (κ1) is 23.3. The van der Waals surface area contributed by atoms with Gasteiger partial charge in [-0.3, -0.25) is 19.0 Å². The standard InChI is InChI=1S/C17H21N5O9S/c1-7(23)28-5-10-12(29-8(2)24)13(30-9(3)25)16(31-10)22-6-19-11-14(18)20-17(21-15(11)22)32(4,26)27/h6,10,12-13,16H,5H2,1-4H3,(H2,18,20,21)/t10-,12-,13-,16-/m1/s1. The maximum absolute atomic E-state index is 12.0. The first-order chi connectivity index (χ1) is 14.9. The van der Waals surface area contributed by atoms with E-state index in [1.165, 1.54) is 17.8 Å². The van der Waals surface area contributed by atoms with Gasteiger partial charge in [0.1, 0.15) is 18.2 Å². The van der Waals surface area contributed by atoms with Crippen molar-refractivity contribution >= 4 is 44.7 Å². The Labute approximate surface area is 181 Å². The van der Waals surface area contributed by atoms with Crippen LogP contribution in [0.15, 0.2) is 11.5 Å². The third-order valence-corrected chi connectivity index (χ3v) is 5.22. The summed E-state index contributed by atoms with van der Waals surface area (Å²) in [6, 6.07) is 0. The third-order valence-electron chi connectivity index (χ3n) is 4.37. The van der Waals surface area contributed by atoms with Gasteiger partial charge in [-0.1, -0.05) is 0 Å². The first-order valence-electron chi connectivity index (χ1n) is 9.22. The number of carbonyl (C=O) groups is 3. The molecule has 32 heavy (non-hydrogen) atoms. The van der Waals surface area contributed by atoms with Gasteiger partial charge in [-0.2, -0.15) is 9.97 Å². The molecule has 0 aliphatic carbocycles. The Morgan fingerprint density at radius 1 is 1.09 bits per heavy atom. The van der Waals surface area contributed by atoms with Crippen molar-refractivity contribution in [1.29, 1.82) is 0 Å². The van der Waals surface area contributed by atoms with Crippen molar-refractivity contribution in [3.05, 3.63) is 6.33 Å². The number of sulfone groups is 1. The predicted octanol–water partition coefficient (Wildman–Crippen LogP) is -0.864. The Morgan fingerprint density at radius 3 is 2.28 bits per heavy atom. The number of nitrogens with two attached hydrogens (primary N) is 1. The van der Waals surface area contributed by atoms with Crippen LogP contribution in [0.1, 0.15) is 27.0 Å². The highest BCUT2D eigenvalue weighted by Crippen LogP contribution is 2.36. The summed E-state index contributed by atoms with van der Waals surface area (Å²) >= 11 is 0. The molecule has 14 nitrogen and oxygen atoms in total. The largest absolute Gasteiger partial charge is 0.463 e. The Kier molecular flexibility index (Phi) is 6.32. The van der Waals surface area contributed by atoms with Crippen LogP contribution >= 0.6 is 0 Å². The van der Waals surface area contributed by atoms with Crippen LogP contribution in [0.25, 0.3) is 11.2 Å². The maximum atomic E-state index is 12.0. The lowest BCUT2D eigenvalue weighted by Gasteiger charge is -2.23. The van der Waals surface area contributed by atoms with Crippen molar-refractivity contribution in [1.82, 2.24) is 19.5 Å². The summed E-state index contributed by atoms with van der Waals surface area (Å²) in [5.41, 5.74) is 5.90. The molecule has 2 N–H and O–H groups in total. The van der Waals surface area contributed by atoms with Gasteiger partial charge < -0.3 is 24.7 Å². The molecule has 2 aromatic heterocycles. The highest BCUT2D eigenvalue weighted by molar-refractivity contribution is 7.90. The fraction of sp³-hybridized carbons (Fsp3) is 0.529. The van der Waals surface area contributed by atoms with Gasteiger partial charge in [0, 0.05) is 27.0 Å². The van der Waals surface area contributed by atoms with Gasteiger partial charge in [0.15, 0.2) is 29.9 Å². The molecule has 0 amide bonds. The number of aromatic nitrogens is 4. The van der Waals surface area contributed by atoms with E-state index >= 15 is 0 Å². The van der Waals surface area contributed by atoms with Crippen molar-refractivity contribution in [3.8, 4) is 0 Å². The zero-order valence-corrected chi connectivity index (χ0v) is 18.4. The summed E-state index contributed by atoms with van der Waals surface area (Å²) in [6.07, 6.45) is -2.38. The van der Waals surface area contributed by atoms with Crippen LogP contribution in [-0.2, 0) is 43.2 Å². The molecule has 1 saturated heterocycles. The normalized spacial score (nSPS) is 23.1. The predicted molar refractivity (Wildman–Crippen MR) is 104 cm³/mol. The van der Waals surface area contributed by atoms with E-state index in [9.17, 15) is 22.8 Å². The number of rotatable bonds is 6. The Morgan fingerprint density at radius 2 is 1.72 bits per heavy atom. The molecule has 1 aliphatic heterocycles. The van der Waals surface area contributed by atoms with E-state index in [4.69, 9.17) is 24.7 Å². The molecule has 15 heteroatoms. The number of anilines is 1. The number of carbonyl (C=O) groups excluding carboxylic acids is 3. The summed E-state index contributed by atoms with van der Waals surface area (Å²) in [5.74, 6) is -2.19. The van der Waals surface area contributed by atoms with Crippen LogP contribution in [-0.4, -0.2) is 77.0 Å². The minimum Gasteiger partial charge on any atom is -0.463 e. The van der Waals surface area contributed by atoms with Crippen molar-refractivity contribution in [3.63, 3.8) is 0 Å². The molecule has 0 radical (unpaired) electrons.